The summed E-state index contributed by atoms with van der Waals surface area (Å²) in [6, 6.07) is 12.2. The number of nitrogens with zero attached hydrogens (tertiary/aromatic N) is 1. The van der Waals surface area contributed by atoms with Crippen molar-refractivity contribution in [3.05, 3.63) is 71.0 Å². The molecule has 0 amide bonds. The number of carboxylic acids is 1. The minimum absolute atomic E-state index is 0.0352. The van der Waals surface area contributed by atoms with Crippen molar-refractivity contribution >= 4 is 44.9 Å². The average molecular weight is 453 g/mol. The van der Waals surface area contributed by atoms with Gasteiger partial charge in [0.05, 0.1) is 5.69 Å². The van der Waals surface area contributed by atoms with Crippen molar-refractivity contribution < 1.29 is 23.1 Å². The Morgan fingerprint density at radius 2 is 1.83 bits per heavy atom. The highest BCUT2D eigenvalue weighted by atomic mass is 35.5. The first-order valence-corrected chi connectivity index (χ1v) is 10.4. The van der Waals surface area contributed by atoms with Gasteiger partial charge in [0.1, 0.15) is 10.6 Å². The van der Waals surface area contributed by atoms with Gasteiger partial charge in [0.2, 0.25) is 0 Å². The lowest BCUT2D eigenvalue weighted by atomic mass is 10.0. The highest BCUT2D eigenvalue weighted by Crippen LogP contribution is 2.35. The summed E-state index contributed by atoms with van der Waals surface area (Å²) in [5, 5.41) is 9.55. The molecule has 2 aromatic carbocycles. The minimum atomic E-state index is -3.96. The van der Waals surface area contributed by atoms with E-state index in [0.717, 1.165) is 0 Å². The number of ether oxygens (including phenoxy) is 1. The molecule has 1 aromatic heterocycles. The quantitative estimate of drug-likeness (QED) is 0.552. The SMILES string of the molecule is O=C(O)COc1ccc(-c2cc(Cl)cc(Cl)c2)c(NS(=O)(=O)c2cccnc2)c1. The Morgan fingerprint density at radius 1 is 1.10 bits per heavy atom. The van der Waals surface area contributed by atoms with Crippen LogP contribution in [-0.2, 0) is 14.8 Å². The van der Waals surface area contributed by atoms with Crippen molar-refractivity contribution in [2.45, 2.75) is 4.90 Å². The van der Waals surface area contributed by atoms with Crippen LogP contribution in [0.1, 0.15) is 0 Å². The molecule has 0 bridgehead atoms. The molecule has 150 valence electrons. The van der Waals surface area contributed by atoms with Crippen LogP contribution >= 0.6 is 23.2 Å². The van der Waals surface area contributed by atoms with E-state index in [1.807, 2.05) is 0 Å². The molecule has 0 atom stereocenters. The molecule has 0 saturated heterocycles. The summed E-state index contributed by atoms with van der Waals surface area (Å²) in [7, 11) is -3.96. The van der Waals surface area contributed by atoms with Crippen molar-refractivity contribution in [2.24, 2.45) is 0 Å². The van der Waals surface area contributed by atoms with E-state index in [1.165, 1.54) is 36.7 Å². The molecule has 0 aliphatic heterocycles. The van der Waals surface area contributed by atoms with Crippen LogP contribution in [0, 0.1) is 0 Å². The van der Waals surface area contributed by atoms with Crippen LogP contribution in [0.4, 0.5) is 5.69 Å². The standard InChI is InChI=1S/C19H14Cl2N2O5S/c20-13-6-12(7-14(21)8-13)17-4-3-15(28-11-19(24)25)9-18(17)23-29(26,27)16-2-1-5-22-10-16/h1-10,23H,11H2,(H,24,25). The van der Waals surface area contributed by atoms with Gasteiger partial charge in [-0.15, -0.1) is 0 Å². The molecule has 1 heterocycles. The predicted molar refractivity (Wildman–Crippen MR) is 110 cm³/mol. The summed E-state index contributed by atoms with van der Waals surface area (Å²) in [6.07, 6.45) is 2.67. The summed E-state index contributed by atoms with van der Waals surface area (Å²) >= 11 is 12.2. The van der Waals surface area contributed by atoms with E-state index in [4.69, 9.17) is 33.0 Å². The lowest BCUT2D eigenvalue weighted by Gasteiger charge is -2.15. The van der Waals surface area contributed by atoms with Crippen molar-refractivity contribution in [3.63, 3.8) is 0 Å². The van der Waals surface area contributed by atoms with Crippen LogP contribution in [-0.4, -0.2) is 31.1 Å². The second kappa shape index (κ2) is 8.69. The van der Waals surface area contributed by atoms with Crippen LogP contribution < -0.4 is 9.46 Å². The fraction of sp³-hybridized carbons (Fsp3) is 0.0526. The summed E-state index contributed by atoms with van der Waals surface area (Å²) in [5.41, 5.74) is 1.20. The van der Waals surface area contributed by atoms with Gasteiger partial charge in [0.25, 0.3) is 10.0 Å². The third kappa shape index (κ3) is 5.38. The van der Waals surface area contributed by atoms with Gasteiger partial charge in [-0.1, -0.05) is 23.2 Å². The van der Waals surface area contributed by atoms with Crippen LogP contribution in [0.25, 0.3) is 11.1 Å². The number of benzene rings is 2. The van der Waals surface area contributed by atoms with Gasteiger partial charge < -0.3 is 9.84 Å². The summed E-state index contributed by atoms with van der Waals surface area (Å²) in [4.78, 5) is 14.5. The molecule has 0 aliphatic carbocycles. The fourth-order valence-corrected chi connectivity index (χ4v) is 4.07. The molecule has 0 saturated carbocycles. The number of aromatic nitrogens is 1. The Morgan fingerprint density at radius 3 is 2.45 bits per heavy atom. The van der Waals surface area contributed by atoms with E-state index in [-0.39, 0.29) is 16.3 Å². The summed E-state index contributed by atoms with van der Waals surface area (Å²) < 4.78 is 33.2. The molecular weight excluding hydrogens is 439 g/mol. The van der Waals surface area contributed by atoms with E-state index in [9.17, 15) is 13.2 Å². The Hall–Kier alpha value is -2.81. The van der Waals surface area contributed by atoms with E-state index in [1.54, 1.807) is 24.3 Å². The molecule has 3 aromatic rings. The third-order valence-electron chi connectivity index (χ3n) is 3.72. The van der Waals surface area contributed by atoms with Crippen LogP contribution in [0.5, 0.6) is 5.75 Å². The number of anilines is 1. The molecule has 7 nitrogen and oxygen atoms in total. The Balaban J connectivity index is 2.07. The third-order valence-corrected chi connectivity index (χ3v) is 5.50. The van der Waals surface area contributed by atoms with E-state index in [2.05, 4.69) is 9.71 Å². The normalized spacial score (nSPS) is 11.1. The van der Waals surface area contributed by atoms with Gasteiger partial charge in [-0.3, -0.25) is 9.71 Å². The number of halogens is 2. The Bertz CT molecular complexity index is 1130. The smallest absolute Gasteiger partial charge is 0.341 e. The van der Waals surface area contributed by atoms with E-state index in [0.29, 0.717) is 21.2 Å². The highest BCUT2D eigenvalue weighted by Gasteiger charge is 2.18. The lowest BCUT2D eigenvalue weighted by Crippen LogP contribution is -2.14. The number of hydrogen-bond donors (Lipinski definition) is 2. The Labute approximate surface area is 176 Å². The number of hydrogen-bond acceptors (Lipinski definition) is 5. The Kier molecular flexibility index (Phi) is 6.26. The van der Waals surface area contributed by atoms with Crippen molar-refractivity contribution in [3.8, 4) is 16.9 Å². The zero-order valence-electron chi connectivity index (χ0n) is 14.7. The second-order valence-corrected chi connectivity index (χ2v) is 8.40. The first-order valence-electron chi connectivity index (χ1n) is 8.12. The molecule has 10 heteroatoms. The topological polar surface area (TPSA) is 106 Å². The van der Waals surface area contributed by atoms with Gasteiger partial charge in [-0.05, 0) is 48.0 Å². The fourth-order valence-electron chi connectivity index (χ4n) is 2.51. The zero-order chi connectivity index (χ0) is 21.0. The van der Waals surface area contributed by atoms with Crippen molar-refractivity contribution in [2.75, 3.05) is 11.3 Å². The van der Waals surface area contributed by atoms with Gasteiger partial charge in [-0.2, -0.15) is 0 Å². The highest BCUT2D eigenvalue weighted by molar-refractivity contribution is 7.92. The maximum atomic E-state index is 12.8. The molecule has 2 N–H and O–H groups in total. The van der Waals surface area contributed by atoms with E-state index >= 15 is 0 Å². The maximum Gasteiger partial charge on any atom is 0.341 e. The number of carboxylic acid groups (broad SMARTS) is 1. The second-order valence-electron chi connectivity index (χ2n) is 5.84. The van der Waals surface area contributed by atoms with Crippen LogP contribution in [0.15, 0.2) is 65.8 Å². The van der Waals surface area contributed by atoms with Gasteiger partial charge >= 0.3 is 5.97 Å². The van der Waals surface area contributed by atoms with Crippen molar-refractivity contribution in [1.82, 2.24) is 4.98 Å². The number of aliphatic carboxylic acids is 1. The molecular formula is C19H14Cl2N2O5S. The van der Waals surface area contributed by atoms with Crippen LogP contribution in [0.3, 0.4) is 0 Å². The minimum Gasteiger partial charge on any atom is -0.482 e. The molecule has 29 heavy (non-hydrogen) atoms. The number of rotatable bonds is 7. The van der Waals surface area contributed by atoms with Crippen LogP contribution in [0.2, 0.25) is 10.0 Å². The summed E-state index contributed by atoms with van der Waals surface area (Å²) in [6.45, 7) is -0.572. The van der Waals surface area contributed by atoms with E-state index < -0.39 is 22.6 Å². The van der Waals surface area contributed by atoms with Gasteiger partial charge in [0, 0.05) is 34.1 Å². The van der Waals surface area contributed by atoms with Gasteiger partial charge in [0.15, 0.2) is 6.61 Å². The number of sulfonamides is 1. The molecule has 0 fully saturated rings. The maximum absolute atomic E-state index is 12.8. The molecule has 3 rings (SSSR count). The molecule has 0 radical (unpaired) electrons. The first-order chi connectivity index (χ1) is 13.7. The first kappa shape index (κ1) is 20.9. The number of carbonyl (C=O) groups is 1. The molecule has 0 spiro atoms. The largest absolute Gasteiger partial charge is 0.482 e. The predicted octanol–water partition coefficient (Wildman–Crippen LogP) is 4.32. The monoisotopic (exact) mass is 452 g/mol. The van der Waals surface area contributed by atoms with Gasteiger partial charge in [-0.25, -0.2) is 13.2 Å². The van der Waals surface area contributed by atoms with Crippen molar-refractivity contribution in [1.29, 1.82) is 0 Å². The summed E-state index contributed by atoms with van der Waals surface area (Å²) in [5.74, 6) is -0.985. The molecule has 0 unspecified atom stereocenters. The molecule has 0 aliphatic rings. The average Bonchev–Trinajstić information content (AvgIpc) is 2.66. The number of pyridine rings is 1. The lowest BCUT2D eigenvalue weighted by molar-refractivity contribution is -0.139. The zero-order valence-corrected chi connectivity index (χ0v) is 17.0. The number of nitrogens with one attached hydrogen (secondary N) is 1.